The number of aromatic nitrogens is 2. The van der Waals surface area contributed by atoms with Gasteiger partial charge in [-0.2, -0.15) is 4.98 Å². The van der Waals surface area contributed by atoms with Gasteiger partial charge in [0.15, 0.2) is 0 Å². The zero-order valence-electron chi connectivity index (χ0n) is 13.0. The van der Waals surface area contributed by atoms with Crippen LogP contribution in [-0.4, -0.2) is 54.6 Å². The molecular weight excluding hydrogens is 282 g/mol. The lowest BCUT2D eigenvalue weighted by molar-refractivity contribution is 0.372. The molecule has 6 heteroatoms. The maximum atomic E-state index is 4.79. The first kappa shape index (κ1) is 14.5. The van der Waals surface area contributed by atoms with Crippen LogP contribution in [0.1, 0.15) is 19.8 Å². The molecule has 0 aromatic carbocycles. The van der Waals surface area contributed by atoms with Crippen LogP contribution in [0.4, 0.5) is 11.8 Å². The van der Waals surface area contributed by atoms with E-state index in [0.717, 1.165) is 36.2 Å². The summed E-state index contributed by atoms with van der Waals surface area (Å²) >= 11 is 1.69. The molecule has 0 radical (unpaired) electrons. The van der Waals surface area contributed by atoms with Crippen molar-refractivity contribution in [3.63, 3.8) is 0 Å². The van der Waals surface area contributed by atoms with E-state index in [1.165, 1.54) is 18.2 Å². The van der Waals surface area contributed by atoms with E-state index in [-0.39, 0.29) is 0 Å². The Hall–Kier alpha value is -1.40. The van der Waals surface area contributed by atoms with Gasteiger partial charge in [-0.05, 0) is 45.3 Å². The highest BCUT2D eigenvalue weighted by Crippen LogP contribution is 2.33. The Morgan fingerprint density at radius 3 is 3.05 bits per heavy atom. The lowest BCUT2D eigenvalue weighted by Gasteiger charge is -2.28. The Kier molecular flexibility index (Phi) is 4.26. The van der Waals surface area contributed by atoms with E-state index in [1.807, 2.05) is 0 Å². The third-order valence-electron chi connectivity index (χ3n) is 3.86. The van der Waals surface area contributed by atoms with Crippen molar-refractivity contribution in [1.82, 2.24) is 14.9 Å². The van der Waals surface area contributed by atoms with Crippen LogP contribution in [0.3, 0.4) is 0 Å². The van der Waals surface area contributed by atoms with Crippen LogP contribution < -0.4 is 10.2 Å². The average molecular weight is 305 g/mol. The summed E-state index contributed by atoms with van der Waals surface area (Å²) in [6.07, 6.45) is 2.48. The summed E-state index contributed by atoms with van der Waals surface area (Å²) in [5, 5.41) is 6.55. The van der Waals surface area contributed by atoms with Crippen LogP contribution in [0.15, 0.2) is 11.4 Å². The van der Waals surface area contributed by atoms with Gasteiger partial charge in [0, 0.05) is 25.7 Å². The maximum absolute atomic E-state index is 4.79. The van der Waals surface area contributed by atoms with Crippen LogP contribution >= 0.6 is 11.3 Å². The number of hydrogen-bond donors (Lipinski definition) is 1. The van der Waals surface area contributed by atoms with E-state index >= 15 is 0 Å². The monoisotopic (exact) mass is 305 g/mol. The molecule has 1 unspecified atom stereocenters. The van der Waals surface area contributed by atoms with E-state index < -0.39 is 0 Å². The first-order chi connectivity index (χ1) is 10.2. The van der Waals surface area contributed by atoms with Gasteiger partial charge in [0.05, 0.1) is 5.39 Å². The van der Waals surface area contributed by atoms with E-state index in [0.29, 0.717) is 6.04 Å². The standard InChI is InChI=1S/C15H23N5S/c1-4-16-15-17-13(12-7-9-21-14(12)18-15)20-8-5-6-11(20)10-19(2)3/h7,9,11H,4-6,8,10H2,1-3H3,(H,16,17,18). The van der Waals surface area contributed by atoms with E-state index in [4.69, 9.17) is 4.98 Å². The predicted molar refractivity (Wildman–Crippen MR) is 90.5 cm³/mol. The number of likely N-dealkylation sites (N-methyl/N-ethyl adjacent to an activating group) is 1. The number of nitrogens with one attached hydrogen (secondary N) is 1. The van der Waals surface area contributed by atoms with Crippen LogP contribution in [0.5, 0.6) is 0 Å². The second-order valence-corrected chi connectivity index (χ2v) is 6.69. The minimum absolute atomic E-state index is 0.549. The SMILES string of the molecule is CCNc1nc(N2CCCC2CN(C)C)c2ccsc2n1. The molecule has 3 rings (SSSR count). The number of fused-ring (bicyclic) bond motifs is 1. The van der Waals surface area contributed by atoms with Gasteiger partial charge < -0.3 is 15.1 Å². The van der Waals surface area contributed by atoms with Crippen LogP contribution in [-0.2, 0) is 0 Å². The molecule has 0 bridgehead atoms. The molecule has 1 N–H and O–H groups in total. The summed E-state index contributed by atoms with van der Waals surface area (Å²) in [6, 6.07) is 2.70. The normalized spacial score (nSPS) is 18.9. The van der Waals surface area contributed by atoms with Crippen molar-refractivity contribution in [2.24, 2.45) is 0 Å². The topological polar surface area (TPSA) is 44.3 Å². The molecule has 2 aromatic heterocycles. The quantitative estimate of drug-likeness (QED) is 0.920. The highest BCUT2D eigenvalue weighted by atomic mass is 32.1. The largest absolute Gasteiger partial charge is 0.354 e. The lowest BCUT2D eigenvalue weighted by atomic mass is 10.2. The minimum atomic E-state index is 0.549. The number of hydrogen-bond acceptors (Lipinski definition) is 6. The van der Waals surface area contributed by atoms with Gasteiger partial charge in [0.25, 0.3) is 0 Å². The molecule has 5 nitrogen and oxygen atoms in total. The molecule has 0 aliphatic carbocycles. The molecule has 2 aromatic rings. The number of anilines is 2. The molecule has 21 heavy (non-hydrogen) atoms. The first-order valence-corrected chi connectivity index (χ1v) is 8.47. The molecule has 0 amide bonds. The van der Waals surface area contributed by atoms with Crippen LogP contribution in [0.2, 0.25) is 0 Å². The van der Waals surface area contributed by atoms with Gasteiger partial charge >= 0.3 is 0 Å². The van der Waals surface area contributed by atoms with Gasteiger partial charge in [-0.15, -0.1) is 11.3 Å². The molecule has 0 saturated carbocycles. The van der Waals surface area contributed by atoms with Crippen molar-refractivity contribution in [2.75, 3.05) is 43.9 Å². The smallest absolute Gasteiger partial charge is 0.226 e. The Labute approximate surface area is 130 Å². The zero-order valence-corrected chi connectivity index (χ0v) is 13.8. The Morgan fingerprint density at radius 2 is 2.29 bits per heavy atom. The van der Waals surface area contributed by atoms with E-state index in [2.05, 4.69) is 52.6 Å². The first-order valence-electron chi connectivity index (χ1n) is 7.59. The summed E-state index contributed by atoms with van der Waals surface area (Å²) in [5.41, 5.74) is 0. The number of thiophene rings is 1. The van der Waals surface area contributed by atoms with Crippen LogP contribution in [0, 0.1) is 0 Å². The molecular formula is C15H23N5S. The van der Waals surface area contributed by atoms with Crippen molar-refractivity contribution in [3.05, 3.63) is 11.4 Å². The fourth-order valence-corrected chi connectivity index (χ4v) is 3.78. The van der Waals surface area contributed by atoms with Crippen molar-refractivity contribution in [2.45, 2.75) is 25.8 Å². The second-order valence-electron chi connectivity index (χ2n) is 5.79. The number of nitrogens with zero attached hydrogens (tertiary/aromatic N) is 4. The van der Waals surface area contributed by atoms with Gasteiger partial charge in [-0.3, -0.25) is 0 Å². The number of rotatable bonds is 5. The zero-order chi connectivity index (χ0) is 14.8. The van der Waals surface area contributed by atoms with E-state index in [1.54, 1.807) is 11.3 Å². The Morgan fingerprint density at radius 1 is 1.43 bits per heavy atom. The summed E-state index contributed by atoms with van der Waals surface area (Å²) in [4.78, 5) is 15.2. The average Bonchev–Trinajstić information content (AvgIpc) is 3.06. The lowest BCUT2D eigenvalue weighted by Crippen LogP contribution is -2.38. The van der Waals surface area contributed by atoms with Gasteiger partial charge in [-0.1, -0.05) is 0 Å². The molecule has 1 atom stereocenters. The molecule has 1 fully saturated rings. The molecule has 114 valence electrons. The predicted octanol–water partition coefficient (Wildman–Crippen LogP) is 2.65. The van der Waals surface area contributed by atoms with Crippen molar-refractivity contribution in [1.29, 1.82) is 0 Å². The second kappa shape index (κ2) is 6.15. The maximum Gasteiger partial charge on any atom is 0.226 e. The molecule has 0 spiro atoms. The summed E-state index contributed by atoms with van der Waals surface area (Å²) in [7, 11) is 4.28. The third kappa shape index (κ3) is 2.96. The molecule has 3 heterocycles. The summed E-state index contributed by atoms with van der Waals surface area (Å²) < 4.78 is 0. The summed E-state index contributed by atoms with van der Waals surface area (Å²) in [6.45, 7) is 5.09. The highest BCUT2D eigenvalue weighted by molar-refractivity contribution is 7.16. The van der Waals surface area contributed by atoms with Crippen molar-refractivity contribution < 1.29 is 0 Å². The molecule has 1 aliphatic rings. The van der Waals surface area contributed by atoms with Gasteiger partial charge in [0.2, 0.25) is 5.95 Å². The third-order valence-corrected chi connectivity index (χ3v) is 4.67. The Balaban J connectivity index is 1.99. The fourth-order valence-electron chi connectivity index (χ4n) is 3.02. The summed E-state index contributed by atoms with van der Waals surface area (Å²) in [5.74, 6) is 1.85. The van der Waals surface area contributed by atoms with E-state index in [9.17, 15) is 0 Å². The molecule has 1 saturated heterocycles. The van der Waals surface area contributed by atoms with Gasteiger partial charge in [-0.25, -0.2) is 4.98 Å². The fraction of sp³-hybridized carbons (Fsp3) is 0.600. The Bertz CT molecular complexity index is 609. The van der Waals surface area contributed by atoms with Gasteiger partial charge in [0.1, 0.15) is 10.6 Å². The highest BCUT2D eigenvalue weighted by Gasteiger charge is 2.28. The van der Waals surface area contributed by atoms with Crippen LogP contribution in [0.25, 0.3) is 10.2 Å². The molecule has 1 aliphatic heterocycles. The minimum Gasteiger partial charge on any atom is -0.354 e. The van der Waals surface area contributed by atoms with Crippen molar-refractivity contribution >= 4 is 33.3 Å². The van der Waals surface area contributed by atoms with Crippen molar-refractivity contribution in [3.8, 4) is 0 Å².